The summed E-state index contributed by atoms with van der Waals surface area (Å²) in [6, 6.07) is 5.99. The van der Waals surface area contributed by atoms with Crippen LogP contribution in [0.1, 0.15) is 240 Å². The van der Waals surface area contributed by atoms with E-state index in [1.807, 2.05) is 0 Å². The lowest BCUT2D eigenvalue weighted by atomic mass is 10.0. The normalized spacial score (nSPS) is 11.2. The lowest BCUT2D eigenvalue weighted by molar-refractivity contribution is -0.141. The Morgan fingerprint density at radius 1 is 0.440 bits per heavy atom. The van der Waals surface area contributed by atoms with E-state index in [9.17, 15) is 19.2 Å². The summed E-state index contributed by atoms with van der Waals surface area (Å²) in [7, 11) is 0. The van der Waals surface area contributed by atoms with Gasteiger partial charge in [0.2, 0.25) is 17.7 Å². The van der Waals surface area contributed by atoms with Gasteiger partial charge in [-0.05, 0) is 31.0 Å². The van der Waals surface area contributed by atoms with Crippen LogP contribution >= 0.6 is 0 Å². The predicted molar refractivity (Wildman–Crippen MR) is 210 cm³/mol. The minimum absolute atomic E-state index is 0.135. The molecule has 1 aromatic carbocycles. The standard InChI is InChI=1S/C44H76N2O4/c1-3-5-7-9-11-13-15-17-19-21-23-25-27-29-31-36-41(47)46(44(50)40-35-33-34-39(38-40)43(45)49)42(48)37-32-30-28-26-24-22-20-18-16-14-12-10-8-6-4-2/h33-35,38H,3-32,36-37H2,1-2H3,(H2,45,49). The number of hydrogen-bond donors (Lipinski definition) is 1. The Bertz CT molecular complexity index is 977. The molecule has 0 heterocycles. The van der Waals surface area contributed by atoms with Gasteiger partial charge < -0.3 is 5.73 Å². The van der Waals surface area contributed by atoms with E-state index in [2.05, 4.69) is 13.8 Å². The Labute approximate surface area is 307 Å². The average molecular weight is 697 g/mol. The number of benzene rings is 1. The second-order valence-corrected chi connectivity index (χ2v) is 14.8. The van der Waals surface area contributed by atoms with Crippen LogP contribution < -0.4 is 5.73 Å². The third-order valence-electron chi connectivity index (χ3n) is 10.1. The number of primary amides is 1. The Hall–Kier alpha value is -2.50. The molecule has 0 bridgehead atoms. The maximum Gasteiger partial charge on any atom is 0.267 e. The van der Waals surface area contributed by atoms with Crippen molar-refractivity contribution in [2.24, 2.45) is 5.73 Å². The van der Waals surface area contributed by atoms with Gasteiger partial charge in [-0.2, -0.15) is 0 Å². The summed E-state index contributed by atoms with van der Waals surface area (Å²) in [5.74, 6) is -2.20. The highest BCUT2D eigenvalue weighted by Crippen LogP contribution is 2.18. The first-order valence-electron chi connectivity index (χ1n) is 21.2. The molecule has 0 radical (unpaired) electrons. The van der Waals surface area contributed by atoms with Crippen molar-refractivity contribution in [3.05, 3.63) is 35.4 Å². The van der Waals surface area contributed by atoms with E-state index in [-0.39, 0.29) is 24.0 Å². The molecular formula is C44H76N2O4. The van der Waals surface area contributed by atoms with Crippen molar-refractivity contribution in [1.82, 2.24) is 4.90 Å². The Balaban J connectivity index is 2.36. The van der Waals surface area contributed by atoms with Gasteiger partial charge in [-0.1, -0.05) is 200 Å². The summed E-state index contributed by atoms with van der Waals surface area (Å²) >= 11 is 0. The molecule has 50 heavy (non-hydrogen) atoms. The first kappa shape index (κ1) is 45.5. The number of amides is 4. The minimum atomic E-state index is -0.662. The summed E-state index contributed by atoms with van der Waals surface area (Å²) < 4.78 is 0. The molecule has 0 aromatic heterocycles. The summed E-state index contributed by atoms with van der Waals surface area (Å²) in [6.45, 7) is 4.52. The van der Waals surface area contributed by atoms with Crippen LogP contribution in [-0.2, 0) is 9.59 Å². The van der Waals surface area contributed by atoms with Crippen molar-refractivity contribution >= 4 is 23.6 Å². The van der Waals surface area contributed by atoms with Crippen molar-refractivity contribution < 1.29 is 19.2 Å². The first-order valence-corrected chi connectivity index (χ1v) is 21.2. The molecule has 0 aliphatic rings. The zero-order chi connectivity index (χ0) is 36.5. The summed E-state index contributed by atoms with van der Waals surface area (Å²) in [6.07, 6.45) is 37.3. The quantitative estimate of drug-likeness (QED) is 0.0725. The molecule has 286 valence electrons. The molecule has 1 rings (SSSR count). The van der Waals surface area contributed by atoms with Crippen molar-refractivity contribution in [3.63, 3.8) is 0 Å². The van der Waals surface area contributed by atoms with Crippen LogP contribution in [0.3, 0.4) is 0 Å². The molecule has 1 aromatic rings. The number of carbonyl (C=O) groups excluding carboxylic acids is 4. The molecule has 0 aliphatic carbocycles. The van der Waals surface area contributed by atoms with Gasteiger partial charge in [0.25, 0.3) is 5.91 Å². The molecule has 0 spiro atoms. The predicted octanol–water partition coefficient (Wildman–Crippen LogP) is 12.8. The van der Waals surface area contributed by atoms with Crippen LogP contribution in [0, 0.1) is 0 Å². The maximum absolute atomic E-state index is 13.5. The zero-order valence-electron chi connectivity index (χ0n) is 32.6. The van der Waals surface area contributed by atoms with E-state index < -0.39 is 23.6 Å². The van der Waals surface area contributed by atoms with Gasteiger partial charge in [0.05, 0.1) is 0 Å². The highest BCUT2D eigenvalue weighted by molar-refractivity contribution is 6.16. The Kier molecular flexibility index (Phi) is 29.5. The topological polar surface area (TPSA) is 97.5 Å². The van der Waals surface area contributed by atoms with Crippen LogP contribution in [-0.4, -0.2) is 28.5 Å². The molecule has 0 fully saturated rings. The number of hydrogen-bond acceptors (Lipinski definition) is 4. The molecule has 6 heteroatoms. The average Bonchev–Trinajstić information content (AvgIpc) is 3.11. The van der Waals surface area contributed by atoms with E-state index in [0.717, 1.165) is 43.4 Å². The van der Waals surface area contributed by atoms with Gasteiger partial charge in [-0.25, -0.2) is 4.90 Å². The van der Waals surface area contributed by atoms with Gasteiger partial charge in [0.1, 0.15) is 0 Å². The second-order valence-electron chi connectivity index (χ2n) is 14.8. The molecular weight excluding hydrogens is 620 g/mol. The van der Waals surface area contributed by atoms with Crippen molar-refractivity contribution in [2.45, 2.75) is 219 Å². The van der Waals surface area contributed by atoms with Gasteiger partial charge >= 0.3 is 0 Å². The van der Waals surface area contributed by atoms with Crippen molar-refractivity contribution in [3.8, 4) is 0 Å². The first-order chi connectivity index (χ1) is 24.4. The summed E-state index contributed by atoms with van der Waals surface area (Å²) in [4.78, 5) is 52.6. The highest BCUT2D eigenvalue weighted by Gasteiger charge is 2.29. The fraction of sp³-hybridized carbons (Fsp3) is 0.773. The number of rotatable bonds is 34. The smallest absolute Gasteiger partial charge is 0.267 e. The molecule has 6 nitrogen and oxygen atoms in total. The van der Waals surface area contributed by atoms with Crippen LogP contribution in [0.25, 0.3) is 0 Å². The minimum Gasteiger partial charge on any atom is -0.366 e. The maximum atomic E-state index is 13.5. The van der Waals surface area contributed by atoms with Crippen molar-refractivity contribution in [2.75, 3.05) is 0 Å². The molecule has 2 N–H and O–H groups in total. The van der Waals surface area contributed by atoms with Gasteiger partial charge in [0.15, 0.2) is 0 Å². The number of imide groups is 3. The Morgan fingerprint density at radius 2 is 0.720 bits per heavy atom. The third kappa shape index (κ3) is 23.8. The van der Waals surface area contributed by atoms with E-state index in [4.69, 9.17) is 5.73 Å². The van der Waals surface area contributed by atoms with E-state index in [0.29, 0.717) is 12.8 Å². The van der Waals surface area contributed by atoms with E-state index in [1.165, 1.54) is 159 Å². The lowest BCUT2D eigenvalue weighted by Gasteiger charge is -2.20. The van der Waals surface area contributed by atoms with Gasteiger partial charge in [0, 0.05) is 24.0 Å². The summed E-state index contributed by atoms with van der Waals surface area (Å²) in [5.41, 5.74) is 5.74. The molecule has 0 saturated heterocycles. The van der Waals surface area contributed by atoms with Gasteiger partial charge in [-0.3, -0.25) is 19.2 Å². The summed E-state index contributed by atoms with van der Waals surface area (Å²) in [5, 5.41) is 0. The van der Waals surface area contributed by atoms with Crippen LogP contribution in [0.4, 0.5) is 0 Å². The number of nitrogens with two attached hydrogens (primary N) is 1. The van der Waals surface area contributed by atoms with Gasteiger partial charge in [-0.15, -0.1) is 0 Å². The van der Waals surface area contributed by atoms with E-state index in [1.54, 1.807) is 6.07 Å². The van der Waals surface area contributed by atoms with Crippen LogP contribution in [0.15, 0.2) is 24.3 Å². The van der Waals surface area contributed by atoms with Crippen LogP contribution in [0.5, 0.6) is 0 Å². The fourth-order valence-electron chi connectivity index (χ4n) is 6.82. The number of carbonyl (C=O) groups is 4. The molecule has 4 amide bonds. The molecule has 0 saturated carbocycles. The number of nitrogens with zero attached hydrogens (tertiary/aromatic N) is 1. The largest absolute Gasteiger partial charge is 0.366 e. The molecule has 0 aliphatic heterocycles. The van der Waals surface area contributed by atoms with E-state index >= 15 is 0 Å². The molecule has 0 unspecified atom stereocenters. The fourth-order valence-corrected chi connectivity index (χ4v) is 6.82. The second kappa shape index (κ2) is 32.4. The molecule has 0 atom stereocenters. The van der Waals surface area contributed by atoms with Crippen LogP contribution in [0.2, 0.25) is 0 Å². The Morgan fingerprint density at radius 3 is 1.02 bits per heavy atom. The highest BCUT2D eigenvalue weighted by atomic mass is 16.2. The zero-order valence-corrected chi connectivity index (χ0v) is 32.6. The monoisotopic (exact) mass is 697 g/mol. The lowest BCUT2D eigenvalue weighted by Crippen LogP contribution is -2.41. The van der Waals surface area contributed by atoms with Crippen molar-refractivity contribution in [1.29, 1.82) is 0 Å². The SMILES string of the molecule is CCCCCCCCCCCCCCCCCC(=O)N(C(=O)CCCCCCCCCCCCCCCCC)C(=O)c1cccc(C(N)=O)c1. The number of unbranched alkanes of at least 4 members (excludes halogenated alkanes) is 28. The third-order valence-corrected chi connectivity index (χ3v) is 10.1.